The largest absolute Gasteiger partial charge is 0.328 e. The van der Waals surface area contributed by atoms with E-state index in [1.54, 1.807) is 16.4 Å². The van der Waals surface area contributed by atoms with Gasteiger partial charge in [-0.25, -0.2) is 8.42 Å². The summed E-state index contributed by atoms with van der Waals surface area (Å²) in [5, 5.41) is 0. The molecule has 1 saturated heterocycles. The highest BCUT2D eigenvalue weighted by molar-refractivity contribution is 7.89. The van der Waals surface area contributed by atoms with E-state index in [9.17, 15) is 8.42 Å². The third kappa shape index (κ3) is 4.42. The first kappa shape index (κ1) is 19.9. The van der Waals surface area contributed by atoms with Gasteiger partial charge in [0.15, 0.2) is 0 Å². The standard InChI is InChI=1S/C19H24N2O2S.ClH/c1-15(20)18-10-6-12-21(14-18)24(22,23)19-11-5-9-17(13-19)16-7-3-2-4-8-16;/h2-5,7-9,11,13,15,18H,6,10,12,14,20H2,1H3;1H. The van der Waals surface area contributed by atoms with E-state index in [-0.39, 0.29) is 24.4 Å². The molecule has 1 fully saturated rings. The van der Waals surface area contributed by atoms with Crippen molar-refractivity contribution in [1.29, 1.82) is 0 Å². The lowest BCUT2D eigenvalue weighted by Crippen LogP contribution is -2.44. The minimum absolute atomic E-state index is 0. The van der Waals surface area contributed by atoms with Gasteiger partial charge in [-0.15, -0.1) is 12.4 Å². The smallest absolute Gasteiger partial charge is 0.243 e. The van der Waals surface area contributed by atoms with Crippen LogP contribution in [0, 0.1) is 5.92 Å². The number of nitrogens with zero attached hydrogens (tertiary/aromatic N) is 1. The van der Waals surface area contributed by atoms with Crippen LogP contribution in [0.25, 0.3) is 11.1 Å². The summed E-state index contributed by atoms with van der Waals surface area (Å²) in [6.07, 6.45) is 1.86. The second kappa shape index (κ2) is 8.32. The van der Waals surface area contributed by atoms with Crippen LogP contribution in [0.1, 0.15) is 19.8 Å². The summed E-state index contributed by atoms with van der Waals surface area (Å²) in [7, 11) is -3.48. The number of hydrogen-bond acceptors (Lipinski definition) is 3. The van der Waals surface area contributed by atoms with Crippen molar-refractivity contribution in [2.24, 2.45) is 11.7 Å². The third-order valence-corrected chi connectivity index (χ3v) is 6.60. The van der Waals surface area contributed by atoms with Crippen molar-refractivity contribution in [3.8, 4) is 11.1 Å². The molecule has 1 aliphatic rings. The molecule has 2 aromatic rings. The van der Waals surface area contributed by atoms with Gasteiger partial charge in [0.25, 0.3) is 0 Å². The van der Waals surface area contributed by atoms with E-state index in [0.29, 0.717) is 18.0 Å². The van der Waals surface area contributed by atoms with E-state index in [1.165, 1.54) is 0 Å². The van der Waals surface area contributed by atoms with Gasteiger partial charge in [-0.3, -0.25) is 0 Å². The van der Waals surface area contributed by atoms with Gasteiger partial charge < -0.3 is 5.73 Å². The molecule has 3 rings (SSSR count). The zero-order valence-corrected chi connectivity index (χ0v) is 16.0. The fourth-order valence-electron chi connectivity index (χ4n) is 3.24. The van der Waals surface area contributed by atoms with Crippen molar-refractivity contribution >= 4 is 22.4 Å². The second-order valence-corrected chi connectivity index (χ2v) is 8.46. The van der Waals surface area contributed by atoms with Gasteiger partial charge in [-0.2, -0.15) is 4.31 Å². The lowest BCUT2D eigenvalue weighted by Gasteiger charge is -2.33. The molecular formula is C19H25ClN2O2S. The minimum atomic E-state index is -3.48. The van der Waals surface area contributed by atoms with E-state index in [2.05, 4.69) is 0 Å². The first-order valence-electron chi connectivity index (χ1n) is 8.40. The average Bonchev–Trinajstić information content (AvgIpc) is 2.62. The van der Waals surface area contributed by atoms with Crippen molar-refractivity contribution in [3.05, 3.63) is 54.6 Å². The molecule has 4 nitrogen and oxygen atoms in total. The van der Waals surface area contributed by atoms with Crippen LogP contribution < -0.4 is 5.73 Å². The molecular weight excluding hydrogens is 356 g/mol. The number of hydrogen-bond donors (Lipinski definition) is 1. The lowest BCUT2D eigenvalue weighted by atomic mass is 9.93. The van der Waals surface area contributed by atoms with Gasteiger partial charge in [0.1, 0.15) is 0 Å². The quantitative estimate of drug-likeness (QED) is 0.882. The van der Waals surface area contributed by atoms with Gasteiger partial charge in [-0.1, -0.05) is 42.5 Å². The second-order valence-electron chi connectivity index (χ2n) is 6.52. The molecule has 0 spiro atoms. The van der Waals surface area contributed by atoms with Crippen LogP contribution >= 0.6 is 12.4 Å². The number of halogens is 1. The maximum absolute atomic E-state index is 13.0. The molecule has 0 aromatic heterocycles. The molecule has 0 bridgehead atoms. The Kier molecular flexibility index (Phi) is 6.63. The maximum atomic E-state index is 13.0. The van der Waals surface area contributed by atoms with Crippen LogP contribution in [0.4, 0.5) is 0 Å². The molecule has 6 heteroatoms. The molecule has 0 aliphatic carbocycles. The SMILES string of the molecule is CC(N)C1CCCN(S(=O)(=O)c2cccc(-c3ccccc3)c2)C1.Cl. The summed E-state index contributed by atoms with van der Waals surface area (Å²) in [6.45, 7) is 3.04. The normalized spacial score (nSPS) is 19.8. The van der Waals surface area contributed by atoms with E-state index in [1.807, 2.05) is 49.4 Å². The zero-order chi connectivity index (χ0) is 17.2. The first-order valence-corrected chi connectivity index (χ1v) is 9.84. The average molecular weight is 381 g/mol. The highest BCUT2D eigenvalue weighted by Crippen LogP contribution is 2.27. The van der Waals surface area contributed by atoms with Gasteiger partial charge in [-0.05, 0) is 48.9 Å². The molecule has 0 radical (unpaired) electrons. The molecule has 2 unspecified atom stereocenters. The van der Waals surface area contributed by atoms with E-state index < -0.39 is 10.0 Å². The van der Waals surface area contributed by atoms with Crippen LogP contribution in [-0.4, -0.2) is 31.9 Å². The van der Waals surface area contributed by atoms with Crippen LogP contribution in [-0.2, 0) is 10.0 Å². The fourth-order valence-corrected chi connectivity index (χ4v) is 4.82. The predicted molar refractivity (Wildman–Crippen MR) is 104 cm³/mol. The number of piperidine rings is 1. The highest BCUT2D eigenvalue weighted by Gasteiger charge is 2.31. The zero-order valence-electron chi connectivity index (χ0n) is 14.3. The van der Waals surface area contributed by atoms with Gasteiger partial charge in [0, 0.05) is 19.1 Å². The molecule has 136 valence electrons. The summed E-state index contributed by atoms with van der Waals surface area (Å²) < 4.78 is 27.6. The number of rotatable bonds is 4. The molecule has 0 amide bonds. The topological polar surface area (TPSA) is 63.4 Å². The van der Waals surface area contributed by atoms with E-state index >= 15 is 0 Å². The molecule has 1 heterocycles. The molecule has 2 aromatic carbocycles. The number of sulfonamides is 1. The summed E-state index contributed by atoms with van der Waals surface area (Å²) in [6, 6.07) is 17.0. The lowest BCUT2D eigenvalue weighted by molar-refractivity contribution is 0.243. The van der Waals surface area contributed by atoms with E-state index in [4.69, 9.17) is 5.73 Å². The highest BCUT2D eigenvalue weighted by atomic mass is 35.5. The summed E-state index contributed by atoms with van der Waals surface area (Å²) >= 11 is 0. The summed E-state index contributed by atoms with van der Waals surface area (Å²) in [5.41, 5.74) is 7.92. The van der Waals surface area contributed by atoms with Crippen LogP contribution in [0.3, 0.4) is 0 Å². The predicted octanol–water partition coefficient (Wildman–Crippen LogP) is 3.52. The summed E-state index contributed by atoms with van der Waals surface area (Å²) in [5.74, 6) is 0.228. The number of benzene rings is 2. The fraction of sp³-hybridized carbons (Fsp3) is 0.368. The number of nitrogens with two attached hydrogens (primary N) is 1. The van der Waals surface area contributed by atoms with Crippen LogP contribution in [0.2, 0.25) is 0 Å². The molecule has 0 saturated carbocycles. The Labute approximate surface area is 156 Å². The Morgan fingerprint density at radius 1 is 1.08 bits per heavy atom. The Hall–Kier alpha value is -1.40. The Bertz CT molecular complexity index is 794. The molecule has 2 atom stereocenters. The third-order valence-electron chi connectivity index (χ3n) is 4.74. The van der Waals surface area contributed by atoms with Crippen molar-refractivity contribution in [3.63, 3.8) is 0 Å². The molecule has 1 aliphatic heterocycles. The summed E-state index contributed by atoms with van der Waals surface area (Å²) in [4.78, 5) is 0.356. The van der Waals surface area contributed by atoms with E-state index in [0.717, 1.165) is 24.0 Å². The van der Waals surface area contributed by atoms with Crippen LogP contribution in [0.15, 0.2) is 59.5 Å². The van der Waals surface area contributed by atoms with Crippen molar-refractivity contribution in [2.75, 3.05) is 13.1 Å². The minimum Gasteiger partial charge on any atom is -0.328 e. The van der Waals surface area contributed by atoms with Gasteiger partial charge >= 0.3 is 0 Å². The first-order chi connectivity index (χ1) is 11.5. The Morgan fingerprint density at radius 3 is 2.44 bits per heavy atom. The molecule has 2 N–H and O–H groups in total. The van der Waals surface area contributed by atoms with Crippen LogP contribution in [0.5, 0.6) is 0 Å². The monoisotopic (exact) mass is 380 g/mol. The van der Waals surface area contributed by atoms with Crippen molar-refractivity contribution < 1.29 is 8.42 Å². The van der Waals surface area contributed by atoms with Crippen molar-refractivity contribution in [2.45, 2.75) is 30.7 Å². The van der Waals surface area contributed by atoms with Gasteiger partial charge in [0.05, 0.1) is 4.90 Å². The van der Waals surface area contributed by atoms with Crippen molar-refractivity contribution in [1.82, 2.24) is 4.31 Å². The Balaban J connectivity index is 0.00000225. The molecule has 25 heavy (non-hydrogen) atoms. The maximum Gasteiger partial charge on any atom is 0.243 e. The Morgan fingerprint density at radius 2 is 1.76 bits per heavy atom. The van der Waals surface area contributed by atoms with Gasteiger partial charge in [0.2, 0.25) is 10.0 Å².